The van der Waals surface area contributed by atoms with E-state index in [0.717, 1.165) is 40.0 Å². The zero-order valence-corrected chi connectivity index (χ0v) is 12.4. The van der Waals surface area contributed by atoms with Gasteiger partial charge in [0.1, 0.15) is 4.34 Å². The molecule has 1 aliphatic heterocycles. The van der Waals surface area contributed by atoms with Gasteiger partial charge in [-0.05, 0) is 22.0 Å². The Morgan fingerprint density at radius 1 is 1.59 bits per heavy atom. The second-order valence-corrected chi connectivity index (χ2v) is 6.33. The fourth-order valence-corrected chi connectivity index (χ4v) is 3.47. The van der Waals surface area contributed by atoms with Gasteiger partial charge in [0.2, 0.25) is 0 Å². The molecule has 2 rings (SSSR count). The van der Waals surface area contributed by atoms with Gasteiger partial charge in [0.05, 0.1) is 19.3 Å². The minimum atomic E-state index is 0.113. The highest BCUT2D eigenvalue weighted by atomic mass is 79.9. The molecule has 0 bridgehead atoms. The van der Waals surface area contributed by atoms with Gasteiger partial charge >= 0.3 is 0 Å². The third kappa shape index (κ3) is 3.64. The Hall–Kier alpha value is 0.310. The van der Waals surface area contributed by atoms with Crippen LogP contribution in [0.15, 0.2) is 10.5 Å². The Labute approximate surface area is 118 Å². The minimum Gasteiger partial charge on any atom is -0.379 e. The zero-order chi connectivity index (χ0) is 12.3. The number of nitrogens with zero attached hydrogens (tertiary/aromatic N) is 1. The Morgan fingerprint density at radius 3 is 2.82 bits per heavy atom. The third-order valence-electron chi connectivity index (χ3n) is 2.59. The maximum atomic E-state index is 6.04. The molecule has 1 saturated heterocycles. The number of nitrogens with one attached hydrogen (secondary N) is 1. The van der Waals surface area contributed by atoms with Crippen LogP contribution < -0.4 is 11.2 Å². The van der Waals surface area contributed by atoms with Crippen molar-refractivity contribution >= 4 is 38.9 Å². The lowest BCUT2D eigenvalue weighted by atomic mass is 10.2. The molecule has 2 heterocycles. The molecular formula is C10H15BrClN3OS. The van der Waals surface area contributed by atoms with Crippen molar-refractivity contribution in [3.05, 3.63) is 19.8 Å². The maximum Gasteiger partial charge on any atom is 0.107 e. The van der Waals surface area contributed by atoms with Crippen LogP contribution in [-0.4, -0.2) is 37.9 Å². The molecule has 0 saturated carbocycles. The molecule has 0 radical (unpaired) electrons. The number of hydrazine groups is 1. The maximum absolute atomic E-state index is 6.04. The number of thiophene rings is 1. The van der Waals surface area contributed by atoms with Crippen LogP contribution in [0.5, 0.6) is 0 Å². The first-order chi connectivity index (χ1) is 8.20. The van der Waals surface area contributed by atoms with Crippen molar-refractivity contribution in [2.24, 2.45) is 5.73 Å². The van der Waals surface area contributed by atoms with E-state index in [2.05, 4.69) is 26.4 Å². The van der Waals surface area contributed by atoms with E-state index in [1.165, 1.54) is 0 Å². The van der Waals surface area contributed by atoms with E-state index in [9.17, 15) is 0 Å². The fourth-order valence-electron chi connectivity index (χ4n) is 1.68. The zero-order valence-electron chi connectivity index (χ0n) is 9.29. The molecule has 1 aromatic rings. The molecule has 4 nitrogen and oxygen atoms in total. The summed E-state index contributed by atoms with van der Waals surface area (Å²) in [5.41, 5.74) is 9.23. The molecule has 3 N–H and O–H groups in total. The average Bonchev–Trinajstić information content (AvgIpc) is 2.68. The first-order valence-corrected chi connectivity index (χ1v) is 7.43. The number of morpholine rings is 1. The Balaban J connectivity index is 2.00. The molecule has 0 aromatic carbocycles. The lowest BCUT2D eigenvalue weighted by Gasteiger charge is -2.30. The predicted molar refractivity (Wildman–Crippen MR) is 74.4 cm³/mol. The summed E-state index contributed by atoms with van der Waals surface area (Å²) in [6.45, 7) is 3.84. The molecule has 0 spiro atoms. The molecule has 1 aliphatic rings. The number of hydrogen-bond acceptors (Lipinski definition) is 5. The van der Waals surface area contributed by atoms with Crippen molar-refractivity contribution in [2.75, 3.05) is 32.8 Å². The van der Waals surface area contributed by atoms with Crippen LogP contribution in [0.1, 0.15) is 10.9 Å². The summed E-state index contributed by atoms with van der Waals surface area (Å²) in [7, 11) is 0. The summed E-state index contributed by atoms with van der Waals surface area (Å²) in [5.74, 6) is 0. The van der Waals surface area contributed by atoms with Gasteiger partial charge in [-0.25, -0.2) is 10.4 Å². The standard InChI is InChI=1S/C10H15BrClN3OS/c11-7-5-9(17-10(7)12)8(6-13)14-15-1-3-16-4-2-15/h5,8,14H,1-4,6,13H2. The van der Waals surface area contributed by atoms with Crippen molar-refractivity contribution in [1.82, 2.24) is 10.4 Å². The van der Waals surface area contributed by atoms with Crippen molar-refractivity contribution in [2.45, 2.75) is 6.04 Å². The van der Waals surface area contributed by atoms with Crippen molar-refractivity contribution in [1.29, 1.82) is 0 Å². The molecule has 0 aliphatic carbocycles. The monoisotopic (exact) mass is 339 g/mol. The highest BCUT2D eigenvalue weighted by Crippen LogP contribution is 2.35. The Morgan fingerprint density at radius 2 is 2.29 bits per heavy atom. The van der Waals surface area contributed by atoms with Crippen LogP contribution in [0.4, 0.5) is 0 Å². The van der Waals surface area contributed by atoms with Crippen molar-refractivity contribution in [3.8, 4) is 0 Å². The lowest BCUT2D eigenvalue weighted by Crippen LogP contribution is -2.48. The summed E-state index contributed by atoms with van der Waals surface area (Å²) in [4.78, 5) is 1.15. The van der Waals surface area contributed by atoms with Gasteiger partial charge in [0.15, 0.2) is 0 Å². The second kappa shape index (κ2) is 6.47. The number of ether oxygens (including phenoxy) is 1. The minimum absolute atomic E-state index is 0.113. The topological polar surface area (TPSA) is 50.5 Å². The Bertz CT molecular complexity index is 351. The van der Waals surface area contributed by atoms with Gasteiger partial charge in [-0.3, -0.25) is 0 Å². The van der Waals surface area contributed by atoms with Crippen LogP contribution in [0.3, 0.4) is 0 Å². The van der Waals surface area contributed by atoms with Crippen LogP contribution in [0.2, 0.25) is 4.34 Å². The first-order valence-electron chi connectivity index (χ1n) is 5.44. The highest BCUT2D eigenvalue weighted by molar-refractivity contribution is 9.10. The van der Waals surface area contributed by atoms with Gasteiger partial charge in [0.25, 0.3) is 0 Å². The average molecular weight is 341 g/mol. The SMILES string of the molecule is NCC(NN1CCOCC1)c1cc(Br)c(Cl)s1. The summed E-state index contributed by atoms with van der Waals surface area (Å²) in [5, 5.41) is 2.16. The van der Waals surface area contributed by atoms with Crippen LogP contribution in [0, 0.1) is 0 Å². The lowest BCUT2D eigenvalue weighted by molar-refractivity contribution is 0.00433. The molecule has 7 heteroatoms. The van der Waals surface area contributed by atoms with E-state index >= 15 is 0 Å². The fraction of sp³-hybridized carbons (Fsp3) is 0.600. The van der Waals surface area contributed by atoms with Gasteiger partial charge in [-0.15, -0.1) is 11.3 Å². The molecule has 1 unspecified atom stereocenters. The number of halogens is 2. The molecular weight excluding hydrogens is 326 g/mol. The van der Waals surface area contributed by atoms with Gasteiger partial charge < -0.3 is 10.5 Å². The van der Waals surface area contributed by atoms with Crippen molar-refractivity contribution in [3.63, 3.8) is 0 Å². The van der Waals surface area contributed by atoms with Gasteiger partial charge in [0, 0.05) is 29.0 Å². The third-order valence-corrected chi connectivity index (χ3v) is 5.18. The van der Waals surface area contributed by atoms with Crippen LogP contribution in [-0.2, 0) is 4.74 Å². The van der Waals surface area contributed by atoms with E-state index in [-0.39, 0.29) is 6.04 Å². The summed E-state index contributed by atoms with van der Waals surface area (Å²) < 4.78 is 7.00. The first kappa shape index (κ1) is 13.7. The van der Waals surface area contributed by atoms with Crippen LogP contribution >= 0.6 is 38.9 Å². The smallest absolute Gasteiger partial charge is 0.107 e. The second-order valence-electron chi connectivity index (χ2n) is 3.79. The number of nitrogens with two attached hydrogens (primary N) is 1. The molecule has 0 amide bonds. The van der Waals surface area contributed by atoms with Gasteiger partial charge in [-0.1, -0.05) is 11.6 Å². The molecule has 1 aromatic heterocycles. The van der Waals surface area contributed by atoms with E-state index in [1.807, 2.05) is 6.07 Å². The molecule has 96 valence electrons. The van der Waals surface area contributed by atoms with Crippen molar-refractivity contribution < 1.29 is 4.74 Å². The Kier molecular flexibility index (Phi) is 5.23. The van der Waals surface area contributed by atoms with E-state index < -0.39 is 0 Å². The van der Waals surface area contributed by atoms with Gasteiger partial charge in [-0.2, -0.15) is 0 Å². The normalized spacial score (nSPS) is 19.5. The highest BCUT2D eigenvalue weighted by Gasteiger charge is 2.18. The van der Waals surface area contributed by atoms with E-state index in [4.69, 9.17) is 22.1 Å². The molecule has 1 atom stereocenters. The predicted octanol–water partition coefficient (Wildman–Crippen LogP) is 2.00. The summed E-state index contributed by atoms with van der Waals surface area (Å²) in [6, 6.07) is 2.14. The van der Waals surface area contributed by atoms with E-state index in [0.29, 0.717) is 6.54 Å². The number of hydrogen-bond donors (Lipinski definition) is 2. The largest absolute Gasteiger partial charge is 0.379 e. The van der Waals surface area contributed by atoms with Crippen LogP contribution in [0.25, 0.3) is 0 Å². The molecule has 1 fully saturated rings. The summed E-state index contributed by atoms with van der Waals surface area (Å²) in [6.07, 6.45) is 0. The quantitative estimate of drug-likeness (QED) is 0.880. The molecule has 17 heavy (non-hydrogen) atoms. The number of rotatable bonds is 4. The van der Waals surface area contributed by atoms with E-state index in [1.54, 1.807) is 11.3 Å². The summed E-state index contributed by atoms with van der Waals surface area (Å²) >= 11 is 11.0.